The number of aromatic nitrogens is 3. The molecule has 2 fully saturated rings. The van der Waals surface area contributed by atoms with Crippen molar-refractivity contribution in [1.29, 1.82) is 0 Å². The quantitative estimate of drug-likeness (QED) is 0.942. The molecule has 6 heteroatoms. The molecule has 1 unspecified atom stereocenters. The molecular weight excluding hydrogens is 292 g/mol. The molecule has 3 heterocycles. The second-order valence-electron chi connectivity index (χ2n) is 6.51. The van der Waals surface area contributed by atoms with Crippen molar-refractivity contribution in [3.63, 3.8) is 0 Å². The standard InChI is InChI=1S/C17H20N4O2/c1-17(13-2-3-13)11-23-9-8-21(17)16(22)12-4-5-18-14(10-12)15-19-6-7-20-15/h4-7,10,13H,2-3,8-9,11H2,1H3,(H,19,20). The average Bonchev–Trinajstić information content (AvgIpc) is 3.31. The molecule has 1 N–H and O–H groups in total. The predicted octanol–water partition coefficient (Wildman–Crippen LogP) is 2.11. The van der Waals surface area contributed by atoms with E-state index < -0.39 is 0 Å². The van der Waals surface area contributed by atoms with Gasteiger partial charge in [0.2, 0.25) is 0 Å². The fourth-order valence-corrected chi connectivity index (χ4v) is 3.40. The van der Waals surface area contributed by atoms with Crippen LogP contribution in [0.2, 0.25) is 0 Å². The molecule has 23 heavy (non-hydrogen) atoms. The Balaban J connectivity index is 1.64. The van der Waals surface area contributed by atoms with Crippen LogP contribution in [0.5, 0.6) is 0 Å². The van der Waals surface area contributed by atoms with E-state index in [0.29, 0.717) is 42.8 Å². The van der Waals surface area contributed by atoms with Crippen LogP contribution in [0, 0.1) is 5.92 Å². The average molecular weight is 312 g/mol. The normalized spacial score (nSPS) is 24.7. The third-order valence-electron chi connectivity index (χ3n) is 4.92. The van der Waals surface area contributed by atoms with Crippen molar-refractivity contribution < 1.29 is 9.53 Å². The predicted molar refractivity (Wildman–Crippen MR) is 84.8 cm³/mol. The number of ether oxygens (including phenoxy) is 1. The first kappa shape index (κ1) is 14.4. The summed E-state index contributed by atoms with van der Waals surface area (Å²) in [7, 11) is 0. The third-order valence-corrected chi connectivity index (χ3v) is 4.92. The van der Waals surface area contributed by atoms with Gasteiger partial charge in [0.25, 0.3) is 5.91 Å². The Morgan fingerprint density at radius 3 is 3.00 bits per heavy atom. The maximum atomic E-state index is 13.1. The van der Waals surface area contributed by atoms with Gasteiger partial charge in [-0.1, -0.05) is 0 Å². The molecule has 6 nitrogen and oxygen atoms in total. The minimum atomic E-state index is -0.191. The highest BCUT2D eigenvalue weighted by Gasteiger charge is 2.49. The number of hydrogen-bond donors (Lipinski definition) is 1. The molecule has 1 amide bonds. The van der Waals surface area contributed by atoms with E-state index in [1.54, 1.807) is 24.7 Å². The molecule has 0 aromatic carbocycles. The molecule has 1 saturated heterocycles. The van der Waals surface area contributed by atoms with Gasteiger partial charge < -0.3 is 14.6 Å². The number of nitrogens with one attached hydrogen (secondary N) is 1. The van der Waals surface area contributed by atoms with Crippen LogP contribution in [0.4, 0.5) is 0 Å². The number of carbonyl (C=O) groups is 1. The van der Waals surface area contributed by atoms with Gasteiger partial charge in [-0.3, -0.25) is 9.78 Å². The van der Waals surface area contributed by atoms with E-state index in [4.69, 9.17) is 4.74 Å². The SMILES string of the molecule is CC1(C2CC2)COCCN1C(=O)c1ccnc(-c2ncc[nH]2)c1. The van der Waals surface area contributed by atoms with E-state index in [2.05, 4.69) is 21.9 Å². The Labute approximate surface area is 134 Å². The largest absolute Gasteiger partial charge is 0.377 e. The smallest absolute Gasteiger partial charge is 0.254 e. The first-order valence-corrected chi connectivity index (χ1v) is 8.04. The van der Waals surface area contributed by atoms with Crippen LogP contribution in [0.3, 0.4) is 0 Å². The number of H-pyrrole nitrogens is 1. The van der Waals surface area contributed by atoms with E-state index >= 15 is 0 Å². The van der Waals surface area contributed by atoms with Gasteiger partial charge >= 0.3 is 0 Å². The molecule has 0 spiro atoms. The summed E-state index contributed by atoms with van der Waals surface area (Å²) in [6.45, 7) is 4.02. The second kappa shape index (κ2) is 5.45. The van der Waals surface area contributed by atoms with Crippen LogP contribution in [-0.4, -0.2) is 51.1 Å². The van der Waals surface area contributed by atoms with Crippen molar-refractivity contribution in [1.82, 2.24) is 19.9 Å². The van der Waals surface area contributed by atoms with Gasteiger partial charge in [-0.2, -0.15) is 0 Å². The number of hydrogen-bond acceptors (Lipinski definition) is 4. The molecule has 4 rings (SSSR count). The number of rotatable bonds is 3. The highest BCUT2D eigenvalue weighted by molar-refractivity contribution is 5.95. The van der Waals surface area contributed by atoms with Crippen molar-refractivity contribution >= 4 is 5.91 Å². The first-order valence-electron chi connectivity index (χ1n) is 8.04. The van der Waals surface area contributed by atoms with E-state index in [9.17, 15) is 4.79 Å². The minimum Gasteiger partial charge on any atom is -0.377 e. The molecule has 0 radical (unpaired) electrons. The van der Waals surface area contributed by atoms with Crippen molar-refractivity contribution in [2.75, 3.05) is 19.8 Å². The zero-order valence-corrected chi connectivity index (χ0v) is 13.2. The summed E-state index contributed by atoms with van der Waals surface area (Å²) >= 11 is 0. The number of nitrogens with zero attached hydrogens (tertiary/aromatic N) is 3. The molecule has 0 bridgehead atoms. The van der Waals surface area contributed by atoms with Crippen LogP contribution < -0.4 is 0 Å². The van der Waals surface area contributed by atoms with E-state index in [-0.39, 0.29) is 11.4 Å². The minimum absolute atomic E-state index is 0.0536. The Morgan fingerprint density at radius 2 is 2.26 bits per heavy atom. The maximum absolute atomic E-state index is 13.1. The van der Waals surface area contributed by atoms with Crippen LogP contribution in [0.15, 0.2) is 30.7 Å². The fraction of sp³-hybridized carbons (Fsp3) is 0.471. The molecule has 1 aliphatic heterocycles. The first-order chi connectivity index (χ1) is 11.2. The van der Waals surface area contributed by atoms with Gasteiger partial charge in [-0.05, 0) is 37.8 Å². The van der Waals surface area contributed by atoms with Crippen molar-refractivity contribution in [2.45, 2.75) is 25.3 Å². The fourth-order valence-electron chi connectivity index (χ4n) is 3.40. The monoisotopic (exact) mass is 312 g/mol. The highest BCUT2D eigenvalue weighted by atomic mass is 16.5. The van der Waals surface area contributed by atoms with Gasteiger partial charge in [-0.25, -0.2) is 4.98 Å². The third kappa shape index (κ3) is 2.53. The number of amides is 1. The van der Waals surface area contributed by atoms with Crippen LogP contribution in [0.25, 0.3) is 11.5 Å². The molecule has 2 aromatic heterocycles. The summed E-state index contributed by atoms with van der Waals surface area (Å²) in [4.78, 5) is 26.6. The lowest BCUT2D eigenvalue weighted by Crippen LogP contribution is -2.58. The number of morpholine rings is 1. The van der Waals surface area contributed by atoms with Crippen LogP contribution >= 0.6 is 0 Å². The topological polar surface area (TPSA) is 71.1 Å². The van der Waals surface area contributed by atoms with Crippen molar-refractivity contribution in [3.05, 3.63) is 36.3 Å². The summed E-state index contributed by atoms with van der Waals surface area (Å²) in [5.74, 6) is 1.28. The summed E-state index contributed by atoms with van der Waals surface area (Å²) in [6.07, 6.45) is 7.45. The van der Waals surface area contributed by atoms with Crippen LogP contribution in [-0.2, 0) is 4.74 Å². The lowest BCUT2D eigenvalue weighted by atomic mass is 9.92. The summed E-state index contributed by atoms with van der Waals surface area (Å²) < 4.78 is 5.66. The molecule has 1 atom stereocenters. The Kier molecular flexibility index (Phi) is 3.41. The molecule has 120 valence electrons. The lowest BCUT2D eigenvalue weighted by molar-refractivity contribution is -0.0547. The molecule has 1 aliphatic carbocycles. The molecular formula is C17H20N4O2. The number of aromatic amines is 1. The zero-order valence-electron chi connectivity index (χ0n) is 13.2. The summed E-state index contributed by atoms with van der Waals surface area (Å²) in [5.41, 5.74) is 1.14. The van der Waals surface area contributed by atoms with Gasteiger partial charge in [-0.15, -0.1) is 0 Å². The van der Waals surface area contributed by atoms with Crippen LogP contribution in [0.1, 0.15) is 30.1 Å². The molecule has 2 aromatic rings. The van der Waals surface area contributed by atoms with Gasteiger partial charge in [0.1, 0.15) is 5.69 Å². The summed E-state index contributed by atoms with van der Waals surface area (Å²) in [5, 5.41) is 0. The van der Waals surface area contributed by atoms with E-state index in [1.165, 1.54) is 12.8 Å². The Morgan fingerprint density at radius 1 is 1.39 bits per heavy atom. The molecule has 2 aliphatic rings. The zero-order chi connectivity index (χ0) is 15.9. The Bertz CT molecular complexity index is 711. The Hall–Kier alpha value is -2.21. The highest BCUT2D eigenvalue weighted by Crippen LogP contribution is 2.44. The number of imidazole rings is 1. The van der Waals surface area contributed by atoms with Gasteiger partial charge in [0, 0.05) is 30.7 Å². The van der Waals surface area contributed by atoms with E-state index in [1.807, 2.05) is 11.0 Å². The second-order valence-corrected chi connectivity index (χ2v) is 6.51. The number of pyridine rings is 1. The number of carbonyl (C=O) groups excluding carboxylic acids is 1. The van der Waals surface area contributed by atoms with Crippen molar-refractivity contribution in [2.24, 2.45) is 5.92 Å². The van der Waals surface area contributed by atoms with E-state index in [0.717, 1.165) is 0 Å². The van der Waals surface area contributed by atoms with Gasteiger partial charge in [0.15, 0.2) is 5.82 Å². The molecule has 1 saturated carbocycles. The lowest BCUT2D eigenvalue weighted by Gasteiger charge is -2.45. The maximum Gasteiger partial charge on any atom is 0.254 e. The summed E-state index contributed by atoms with van der Waals surface area (Å²) in [6, 6.07) is 3.58. The van der Waals surface area contributed by atoms with Gasteiger partial charge in [0.05, 0.1) is 18.8 Å². The van der Waals surface area contributed by atoms with Crippen molar-refractivity contribution in [3.8, 4) is 11.5 Å².